The summed E-state index contributed by atoms with van der Waals surface area (Å²) in [4.78, 5) is 0. The third-order valence-electron chi connectivity index (χ3n) is 3.40. The lowest BCUT2D eigenvalue weighted by Crippen LogP contribution is -2.17. The Kier molecular flexibility index (Phi) is 6.50. The third kappa shape index (κ3) is 4.92. The number of hydrogen-bond acceptors (Lipinski definition) is 3. The molecule has 0 bridgehead atoms. The van der Waals surface area contributed by atoms with Crippen LogP contribution in [-0.4, -0.2) is 18.3 Å². The van der Waals surface area contributed by atoms with Crippen LogP contribution < -0.4 is 10.1 Å². The van der Waals surface area contributed by atoms with Gasteiger partial charge in [0, 0.05) is 12.1 Å². The normalized spacial score (nSPS) is 10.2. The molecule has 2 aromatic carbocycles. The van der Waals surface area contributed by atoms with Gasteiger partial charge in [-0.05, 0) is 30.2 Å². The molecule has 0 unspecified atom stereocenters. The van der Waals surface area contributed by atoms with Crippen LogP contribution >= 0.6 is 0 Å². The first-order valence-corrected chi connectivity index (χ1v) is 7.37. The van der Waals surface area contributed by atoms with Gasteiger partial charge in [0.2, 0.25) is 0 Å². The average molecular weight is 295 g/mol. The van der Waals surface area contributed by atoms with E-state index in [1.165, 1.54) is 5.56 Å². The first-order valence-electron chi connectivity index (χ1n) is 7.37. The molecule has 0 atom stereocenters. The van der Waals surface area contributed by atoms with Gasteiger partial charge in [0.05, 0.1) is 6.61 Å². The van der Waals surface area contributed by atoms with E-state index < -0.39 is 0 Å². The predicted molar refractivity (Wildman–Crippen MR) is 88.5 cm³/mol. The van der Waals surface area contributed by atoms with Gasteiger partial charge >= 0.3 is 0 Å². The number of hydrogen-bond donors (Lipinski definition) is 2. The number of aliphatic hydroxyl groups is 1. The lowest BCUT2D eigenvalue weighted by molar-refractivity contribution is 0.282. The van der Waals surface area contributed by atoms with Crippen LogP contribution in [0.1, 0.15) is 16.7 Å². The topological polar surface area (TPSA) is 41.5 Å². The molecule has 0 saturated heterocycles. The van der Waals surface area contributed by atoms with E-state index in [-0.39, 0.29) is 13.2 Å². The SMILES string of the molecule is C#CCOc1ccccc1CNCCc1ccc(CO)cc1. The summed E-state index contributed by atoms with van der Waals surface area (Å²) in [6, 6.07) is 15.9. The van der Waals surface area contributed by atoms with Gasteiger partial charge in [0.25, 0.3) is 0 Å². The van der Waals surface area contributed by atoms with E-state index in [9.17, 15) is 0 Å². The van der Waals surface area contributed by atoms with E-state index in [0.29, 0.717) is 0 Å². The first-order chi connectivity index (χ1) is 10.8. The number of rotatable bonds is 8. The van der Waals surface area contributed by atoms with Crippen molar-refractivity contribution < 1.29 is 9.84 Å². The van der Waals surface area contributed by atoms with Crippen molar-refractivity contribution in [3.8, 4) is 18.1 Å². The quantitative estimate of drug-likeness (QED) is 0.581. The summed E-state index contributed by atoms with van der Waals surface area (Å²) in [5, 5.41) is 12.4. The van der Waals surface area contributed by atoms with Crippen LogP contribution in [0.25, 0.3) is 0 Å². The largest absolute Gasteiger partial charge is 0.481 e. The third-order valence-corrected chi connectivity index (χ3v) is 3.40. The Morgan fingerprint density at radius 2 is 1.77 bits per heavy atom. The highest BCUT2D eigenvalue weighted by Gasteiger charge is 2.02. The maximum absolute atomic E-state index is 9.02. The Balaban J connectivity index is 1.79. The minimum Gasteiger partial charge on any atom is -0.481 e. The molecule has 0 radical (unpaired) electrons. The maximum atomic E-state index is 9.02. The molecule has 0 aliphatic carbocycles. The molecule has 0 aromatic heterocycles. The van der Waals surface area contributed by atoms with Crippen LogP contribution in [0.4, 0.5) is 0 Å². The Labute approximate surface area is 131 Å². The molecular formula is C19H21NO2. The molecule has 0 amide bonds. The second kappa shape index (κ2) is 8.89. The lowest BCUT2D eigenvalue weighted by atomic mass is 10.1. The molecule has 2 aromatic rings. The van der Waals surface area contributed by atoms with Crippen molar-refractivity contribution in [2.24, 2.45) is 0 Å². The van der Waals surface area contributed by atoms with Gasteiger partial charge in [-0.2, -0.15) is 0 Å². The zero-order valence-corrected chi connectivity index (χ0v) is 12.6. The van der Waals surface area contributed by atoms with Gasteiger partial charge < -0.3 is 15.2 Å². The molecule has 0 saturated carbocycles. The van der Waals surface area contributed by atoms with Crippen LogP contribution in [0, 0.1) is 12.3 Å². The Bertz CT molecular complexity index is 614. The summed E-state index contributed by atoms with van der Waals surface area (Å²) in [7, 11) is 0. The summed E-state index contributed by atoms with van der Waals surface area (Å²) in [5.41, 5.74) is 3.30. The van der Waals surface area contributed by atoms with Crippen LogP contribution in [0.15, 0.2) is 48.5 Å². The second-order valence-corrected chi connectivity index (χ2v) is 5.00. The minimum absolute atomic E-state index is 0.0902. The molecule has 0 aliphatic rings. The fourth-order valence-corrected chi connectivity index (χ4v) is 2.18. The van der Waals surface area contributed by atoms with Crippen LogP contribution in [0.3, 0.4) is 0 Å². The minimum atomic E-state index is 0.0902. The summed E-state index contributed by atoms with van der Waals surface area (Å²) in [5.74, 6) is 3.31. The highest BCUT2D eigenvalue weighted by molar-refractivity contribution is 5.33. The van der Waals surface area contributed by atoms with E-state index in [1.54, 1.807) is 0 Å². The van der Waals surface area contributed by atoms with E-state index >= 15 is 0 Å². The van der Waals surface area contributed by atoms with Gasteiger partial charge in [-0.3, -0.25) is 0 Å². The van der Waals surface area contributed by atoms with Gasteiger partial charge in [-0.1, -0.05) is 48.4 Å². The van der Waals surface area contributed by atoms with Crippen LogP contribution in [0.5, 0.6) is 5.75 Å². The number of nitrogens with one attached hydrogen (secondary N) is 1. The van der Waals surface area contributed by atoms with E-state index in [1.807, 2.05) is 36.4 Å². The van der Waals surface area contributed by atoms with E-state index in [0.717, 1.165) is 36.4 Å². The number of terminal acetylenes is 1. The molecule has 0 aliphatic heterocycles. The predicted octanol–water partition coefficient (Wildman–Crippen LogP) is 2.52. The monoisotopic (exact) mass is 295 g/mol. The number of aliphatic hydroxyl groups excluding tert-OH is 1. The smallest absolute Gasteiger partial charge is 0.148 e. The van der Waals surface area contributed by atoms with Crippen molar-refractivity contribution >= 4 is 0 Å². The van der Waals surface area contributed by atoms with Gasteiger partial charge in [0.15, 0.2) is 0 Å². The van der Waals surface area contributed by atoms with Gasteiger partial charge in [-0.25, -0.2) is 0 Å². The van der Waals surface area contributed by atoms with Crippen molar-refractivity contribution in [2.45, 2.75) is 19.6 Å². The fourth-order valence-electron chi connectivity index (χ4n) is 2.18. The van der Waals surface area contributed by atoms with Crippen LogP contribution in [-0.2, 0) is 19.6 Å². The zero-order valence-electron chi connectivity index (χ0n) is 12.6. The van der Waals surface area contributed by atoms with Gasteiger partial charge in [0.1, 0.15) is 12.4 Å². The highest BCUT2D eigenvalue weighted by Crippen LogP contribution is 2.17. The van der Waals surface area contributed by atoms with Crippen molar-refractivity contribution in [2.75, 3.05) is 13.2 Å². The van der Waals surface area contributed by atoms with Gasteiger partial charge in [-0.15, -0.1) is 6.42 Å². The molecule has 0 heterocycles. The lowest BCUT2D eigenvalue weighted by Gasteiger charge is -2.10. The maximum Gasteiger partial charge on any atom is 0.148 e. The molecule has 0 spiro atoms. The molecule has 0 fully saturated rings. The van der Waals surface area contributed by atoms with E-state index in [2.05, 4.69) is 23.4 Å². The summed E-state index contributed by atoms with van der Waals surface area (Å²) in [6.45, 7) is 2.00. The first kappa shape index (κ1) is 16.1. The molecule has 2 rings (SSSR count). The summed E-state index contributed by atoms with van der Waals surface area (Å²) in [6.07, 6.45) is 6.17. The van der Waals surface area contributed by atoms with E-state index in [4.69, 9.17) is 16.3 Å². The Hall–Kier alpha value is -2.28. The molecule has 114 valence electrons. The molecule has 3 nitrogen and oxygen atoms in total. The zero-order chi connectivity index (χ0) is 15.6. The highest BCUT2D eigenvalue weighted by atomic mass is 16.5. The summed E-state index contributed by atoms with van der Waals surface area (Å²) >= 11 is 0. The van der Waals surface area contributed by atoms with Crippen LogP contribution in [0.2, 0.25) is 0 Å². The summed E-state index contributed by atoms with van der Waals surface area (Å²) < 4.78 is 5.53. The van der Waals surface area contributed by atoms with Crippen molar-refractivity contribution in [3.63, 3.8) is 0 Å². The molecule has 22 heavy (non-hydrogen) atoms. The number of benzene rings is 2. The fraction of sp³-hybridized carbons (Fsp3) is 0.263. The standard InChI is InChI=1S/C19H21NO2/c1-2-13-22-19-6-4-3-5-18(19)14-20-12-11-16-7-9-17(15-21)10-8-16/h1,3-10,20-21H,11-15H2. The van der Waals surface area contributed by atoms with Crippen molar-refractivity contribution in [1.82, 2.24) is 5.32 Å². The molecule has 3 heteroatoms. The second-order valence-electron chi connectivity index (χ2n) is 5.00. The number of para-hydroxylation sites is 1. The Morgan fingerprint density at radius 1 is 1.05 bits per heavy atom. The Morgan fingerprint density at radius 3 is 2.50 bits per heavy atom. The molecular weight excluding hydrogens is 274 g/mol. The van der Waals surface area contributed by atoms with Crippen molar-refractivity contribution in [3.05, 3.63) is 65.2 Å². The average Bonchev–Trinajstić information content (AvgIpc) is 2.58. The number of ether oxygens (including phenoxy) is 1. The molecule has 2 N–H and O–H groups in total. The van der Waals surface area contributed by atoms with Crippen molar-refractivity contribution in [1.29, 1.82) is 0 Å².